The molecule has 0 bridgehead atoms. The summed E-state index contributed by atoms with van der Waals surface area (Å²) in [6.45, 7) is 1.92. The third-order valence-corrected chi connectivity index (χ3v) is 2.91. The van der Waals surface area contributed by atoms with Crippen LogP contribution in [0.15, 0.2) is 18.6 Å². The molecule has 0 fully saturated rings. The molecule has 0 saturated heterocycles. The van der Waals surface area contributed by atoms with Gasteiger partial charge in [-0.1, -0.05) is 0 Å². The largest absolute Gasteiger partial charge is 0.396 e. The van der Waals surface area contributed by atoms with Gasteiger partial charge < -0.3 is 15.2 Å². The number of carbonyl (C=O) groups excluding carboxylic acids is 1. The predicted molar refractivity (Wildman–Crippen MR) is 60.0 cm³/mol. The van der Waals surface area contributed by atoms with Crippen molar-refractivity contribution >= 4 is 11.6 Å². The standard InChI is InChI=1S/C10H12N6O/c11-7-5-13-14-9(7)10(17)16-4-3-15-2-1-12-8(15)6-16/h1-2,5H,3-4,6,11H2,(H,13,14). The molecule has 3 N–H and O–H groups in total. The molecule has 3 heterocycles. The molecule has 2 aromatic heterocycles. The van der Waals surface area contributed by atoms with Crippen LogP contribution in [0.1, 0.15) is 16.3 Å². The summed E-state index contributed by atoms with van der Waals surface area (Å²) in [6, 6.07) is 0. The highest BCUT2D eigenvalue weighted by Crippen LogP contribution is 2.15. The lowest BCUT2D eigenvalue weighted by molar-refractivity contribution is 0.0702. The Morgan fingerprint density at radius 1 is 1.47 bits per heavy atom. The Bertz CT molecular complexity index is 557. The van der Waals surface area contributed by atoms with Gasteiger partial charge in [0.2, 0.25) is 0 Å². The summed E-state index contributed by atoms with van der Waals surface area (Å²) in [5, 5.41) is 6.38. The molecule has 0 radical (unpaired) electrons. The zero-order valence-corrected chi connectivity index (χ0v) is 9.13. The summed E-state index contributed by atoms with van der Waals surface area (Å²) in [5.74, 6) is 0.761. The van der Waals surface area contributed by atoms with Crippen LogP contribution in [-0.4, -0.2) is 37.1 Å². The first-order chi connectivity index (χ1) is 8.25. The molecule has 7 nitrogen and oxygen atoms in total. The van der Waals surface area contributed by atoms with E-state index in [1.54, 1.807) is 11.1 Å². The van der Waals surface area contributed by atoms with Crippen LogP contribution in [0.5, 0.6) is 0 Å². The molecular formula is C10H12N6O. The number of nitrogens with two attached hydrogens (primary N) is 1. The van der Waals surface area contributed by atoms with Crippen LogP contribution in [0.2, 0.25) is 0 Å². The van der Waals surface area contributed by atoms with E-state index in [0.717, 1.165) is 12.4 Å². The second-order valence-corrected chi connectivity index (χ2v) is 3.96. The molecule has 1 aliphatic heterocycles. The Kier molecular flexibility index (Phi) is 2.10. The molecule has 17 heavy (non-hydrogen) atoms. The van der Waals surface area contributed by atoms with Crippen molar-refractivity contribution < 1.29 is 4.79 Å². The third kappa shape index (κ3) is 1.55. The Balaban J connectivity index is 1.84. The van der Waals surface area contributed by atoms with Crippen molar-refractivity contribution in [2.75, 3.05) is 12.3 Å². The van der Waals surface area contributed by atoms with Gasteiger partial charge in [-0.15, -0.1) is 0 Å². The van der Waals surface area contributed by atoms with E-state index in [0.29, 0.717) is 24.5 Å². The summed E-state index contributed by atoms with van der Waals surface area (Å²) in [6.07, 6.45) is 5.10. The van der Waals surface area contributed by atoms with Crippen molar-refractivity contribution in [2.24, 2.45) is 0 Å². The Morgan fingerprint density at radius 2 is 2.35 bits per heavy atom. The third-order valence-electron chi connectivity index (χ3n) is 2.91. The predicted octanol–water partition coefficient (Wildman–Crippen LogP) is -0.156. The van der Waals surface area contributed by atoms with E-state index in [4.69, 9.17) is 5.73 Å². The SMILES string of the molecule is Nc1cn[nH]c1C(=O)N1CCn2ccnc2C1. The van der Waals surface area contributed by atoms with Crippen molar-refractivity contribution in [3.05, 3.63) is 30.1 Å². The summed E-state index contributed by atoms with van der Waals surface area (Å²) >= 11 is 0. The minimum Gasteiger partial charge on any atom is -0.396 e. The normalized spacial score (nSPS) is 14.7. The summed E-state index contributed by atoms with van der Waals surface area (Å²) < 4.78 is 2.04. The molecule has 3 rings (SSSR count). The van der Waals surface area contributed by atoms with Gasteiger partial charge in [0.05, 0.1) is 18.4 Å². The average molecular weight is 232 g/mol. The number of nitrogens with zero attached hydrogens (tertiary/aromatic N) is 4. The fourth-order valence-electron chi connectivity index (χ4n) is 1.97. The minimum absolute atomic E-state index is 0.130. The van der Waals surface area contributed by atoms with Crippen LogP contribution < -0.4 is 5.73 Å². The maximum Gasteiger partial charge on any atom is 0.274 e. The van der Waals surface area contributed by atoms with E-state index in [1.165, 1.54) is 6.20 Å². The van der Waals surface area contributed by atoms with Crippen LogP contribution >= 0.6 is 0 Å². The monoisotopic (exact) mass is 232 g/mol. The van der Waals surface area contributed by atoms with E-state index < -0.39 is 0 Å². The molecule has 7 heteroatoms. The van der Waals surface area contributed by atoms with Crippen molar-refractivity contribution in [2.45, 2.75) is 13.1 Å². The van der Waals surface area contributed by atoms with Gasteiger partial charge in [-0.2, -0.15) is 5.10 Å². The Hall–Kier alpha value is -2.31. The molecule has 1 aliphatic rings. The average Bonchev–Trinajstić information content (AvgIpc) is 2.95. The number of hydrogen-bond donors (Lipinski definition) is 2. The fourth-order valence-corrected chi connectivity index (χ4v) is 1.97. The molecule has 0 aliphatic carbocycles. The summed E-state index contributed by atoms with van der Waals surface area (Å²) in [4.78, 5) is 18.1. The number of carbonyl (C=O) groups is 1. The lowest BCUT2D eigenvalue weighted by Gasteiger charge is -2.27. The first kappa shape index (κ1) is 9.88. The highest BCUT2D eigenvalue weighted by Gasteiger charge is 2.24. The number of nitrogens with one attached hydrogen (secondary N) is 1. The second-order valence-electron chi connectivity index (χ2n) is 3.96. The molecule has 0 aromatic carbocycles. The van der Waals surface area contributed by atoms with Crippen LogP contribution in [0.3, 0.4) is 0 Å². The number of nitrogen functional groups attached to an aromatic ring is 1. The number of hydrogen-bond acceptors (Lipinski definition) is 4. The molecule has 0 spiro atoms. The van der Waals surface area contributed by atoms with Gasteiger partial charge in [0, 0.05) is 25.5 Å². The molecular weight excluding hydrogens is 220 g/mol. The van der Waals surface area contributed by atoms with Crippen LogP contribution in [-0.2, 0) is 13.1 Å². The first-order valence-electron chi connectivity index (χ1n) is 5.34. The van der Waals surface area contributed by atoms with Crippen molar-refractivity contribution in [1.29, 1.82) is 0 Å². The fraction of sp³-hybridized carbons (Fsp3) is 0.300. The zero-order valence-electron chi connectivity index (χ0n) is 9.13. The number of H-pyrrole nitrogens is 1. The molecule has 1 amide bonds. The van der Waals surface area contributed by atoms with Crippen LogP contribution in [0, 0.1) is 0 Å². The lowest BCUT2D eigenvalue weighted by Crippen LogP contribution is -2.38. The number of fused-ring (bicyclic) bond motifs is 1. The maximum atomic E-state index is 12.2. The Morgan fingerprint density at radius 3 is 3.12 bits per heavy atom. The van der Waals surface area contributed by atoms with E-state index in [-0.39, 0.29) is 5.91 Å². The number of rotatable bonds is 1. The smallest absolute Gasteiger partial charge is 0.274 e. The van der Waals surface area contributed by atoms with E-state index in [2.05, 4.69) is 15.2 Å². The number of aromatic nitrogens is 4. The van der Waals surface area contributed by atoms with Gasteiger partial charge in [0.25, 0.3) is 5.91 Å². The molecule has 88 valence electrons. The number of anilines is 1. The molecule has 2 aromatic rings. The summed E-state index contributed by atoms with van der Waals surface area (Å²) in [5.41, 5.74) is 6.39. The lowest BCUT2D eigenvalue weighted by atomic mass is 10.3. The maximum absolute atomic E-state index is 12.2. The van der Waals surface area contributed by atoms with Crippen LogP contribution in [0.25, 0.3) is 0 Å². The Labute approximate surface area is 97.2 Å². The molecule has 0 saturated carbocycles. The van der Waals surface area contributed by atoms with Gasteiger partial charge in [-0.05, 0) is 0 Å². The minimum atomic E-state index is -0.130. The van der Waals surface area contributed by atoms with Crippen LogP contribution in [0.4, 0.5) is 5.69 Å². The van der Waals surface area contributed by atoms with Gasteiger partial charge in [0.15, 0.2) is 0 Å². The first-order valence-corrected chi connectivity index (χ1v) is 5.34. The number of imidazole rings is 1. The number of aromatic amines is 1. The molecule has 0 unspecified atom stereocenters. The van der Waals surface area contributed by atoms with E-state index >= 15 is 0 Å². The van der Waals surface area contributed by atoms with Gasteiger partial charge >= 0.3 is 0 Å². The van der Waals surface area contributed by atoms with Crippen molar-refractivity contribution in [1.82, 2.24) is 24.6 Å². The molecule has 0 atom stereocenters. The van der Waals surface area contributed by atoms with E-state index in [1.807, 2.05) is 10.8 Å². The van der Waals surface area contributed by atoms with E-state index in [9.17, 15) is 4.79 Å². The topological polar surface area (TPSA) is 92.8 Å². The quantitative estimate of drug-likeness (QED) is 0.714. The van der Waals surface area contributed by atoms with Gasteiger partial charge in [-0.25, -0.2) is 4.98 Å². The highest BCUT2D eigenvalue weighted by molar-refractivity contribution is 5.96. The van der Waals surface area contributed by atoms with Crippen molar-refractivity contribution in [3.63, 3.8) is 0 Å². The van der Waals surface area contributed by atoms with Gasteiger partial charge in [0.1, 0.15) is 11.5 Å². The zero-order chi connectivity index (χ0) is 11.8. The van der Waals surface area contributed by atoms with Crippen molar-refractivity contribution in [3.8, 4) is 0 Å². The van der Waals surface area contributed by atoms with Gasteiger partial charge in [-0.3, -0.25) is 9.89 Å². The number of amides is 1. The summed E-state index contributed by atoms with van der Waals surface area (Å²) in [7, 11) is 0. The highest BCUT2D eigenvalue weighted by atomic mass is 16.2. The second kappa shape index (κ2) is 3.62.